The Morgan fingerprint density at radius 2 is 2.00 bits per heavy atom. The van der Waals surface area contributed by atoms with E-state index in [0.717, 1.165) is 11.3 Å². The first-order chi connectivity index (χ1) is 12.0. The van der Waals surface area contributed by atoms with Gasteiger partial charge in [0.15, 0.2) is 5.13 Å². The van der Waals surface area contributed by atoms with E-state index < -0.39 is 11.7 Å². The molecule has 3 nitrogen and oxygen atoms in total. The molecular weight excluding hydrogens is 359 g/mol. The summed E-state index contributed by atoms with van der Waals surface area (Å²) >= 11 is 7.25. The van der Waals surface area contributed by atoms with Crippen molar-refractivity contribution >= 4 is 40.1 Å². The zero-order valence-electron chi connectivity index (χ0n) is 13.3. The van der Waals surface area contributed by atoms with Crippen LogP contribution in [0.4, 0.5) is 9.52 Å². The number of aryl methyl sites for hydroxylation is 1. The normalized spacial score (nSPS) is 11.0. The molecular formula is C19H14ClFN2OS. The summed E-state index contributed by atoms with van der Waals surface area (Å²) in [4.78, 5) is 16.4. The fourth-order valence-electron chi connectivity index (χ4n) is 2.16. The SMILES string of the molecule is Cc1ccc(-c2csc(NC(=O)C=Cc3c(F)cccc3Cl)n2)cc1. The number of hydrogen-bond donors (Lipinski definition) is 1. The lowest BCUT2D eigenvalue weighted by Gasteiger charge is -2.00. The van der Waals surface area contributed by atoms with Gasteiger partial charge in [0.05, 0.1) is 10.7 Å². The summed E-state index contributed by atoms with van der Waals surface area (Å²) < 4.78 is 13.7. The molecule has 3 rings (SSSR count). The van der Waals surface area contributed by atoms with Gasteiger partial charge in [0, 0.05) is 22.6 Å². The molecule has 0 saturated carbocycles. The molecule has 0 spiro atoms. The number of thiazole rings is 1. The van der Waals surface area contributed by atoms with Gasteiger partial charge in [-0.1, -0.05) is 47.5 Å². The standard InChI is InChI=1S/C19H14ClFN2OS/c1-12-5-7-13(8-6-12)17-11-25-19(22-17)23-18(24)10-9-14-15(20)3-2-4-16(14)21/h2-11H,1H3,(H,22,23,24). The molecule has 1 amide bonds. The molecule has 0 aliphatic rings. The summed E-state index contributed by atoms with van der Waals surface area (Å²) in [6, 6.07) is 12.3. The smallest absolute Gasteiger partial charge is 0.250 e. The Bertz CT molecular complexity index is 915. The number of nitrogens with zero attached hydrogens (tertiary/aromatic N) is 1. The minimum absolute atomic E-state index is 0.179. The molecule has 0 atom stereocenters. The lowest BCUT2D eigenvalue weighted by Crippen LogP contribution is -2.07. The second-order valence-electron chi connectivity index (χ2n) is 5.36. The van der Waals surface area contributed by atoms with Crippen LogP contribution >= 0.6 is 22.9 Å². The molecule has 25 heavy (non-hydrogen) atoms. The third-order valence-corrected chi connectivity index (χ3v) is 4.57. The molecule has 0 bridgehead atoms. The van der Waals surface area contributed by atoms with Crippen molar-refractivity contribution in [2.45, 2.75) is 6.92 Å². The van der Waals surface area contributed by atoms with Crippen LogP contribution in [0.25, 0.3) is 17.3 Å². The van der Waals surface area contributed by atoms with Crippen LogP contribution in [0.5, 0.6) is 0 Å². The van der Waals surface area contributed by atoms with Gasteiger partial charge in [-0.25, -0.2) is 9.37 Å². The third-order valence-electron chi connectivity index (χ3n) is 3.48. The predicted molar refractivity (Wildman–Crippen MR) is 101 cm³/mol. The largest absolute Gasteiger partial charge is 0.298 e. The Morgan fingerprint density at radius 1 is 1.24 bits per heavy atom. The monoisotopic (exact) mass is 372 g/mol. The van der Waals surface area contributed by atoms with Crippen LogP contribution in [0.1, 0.15) is 11.1 Å². The molecule has 1 heterocycles. The van der Waals surface area contributed by atoms with Crippen LogP contribution in [-0.4, -0.2) is 10.9 Å². The average molecular weight is 373 g/mol. The lowest BCUT2D eigenvalue weighted by molar-refractivity contribution is -0.111. The first-order valence-corrected chi connectivity index (χ1v) is 8.74. The van der Waals surface area contributed by atoms with Gasteiger partial charge in [-0.05, 0) is 25.1 Å². The third kappa shape index (κ3) is 4.32. The van der Waals surface area contributed by atoms with Crippen molar-refractivity contribution in [3.05, 3.63) is 75.9 Å². The minimum Gasteiger partial charge on any atom is -0.298 e. The molecule has 0 radical (unpaired) electrons. The summed E-state index contributed by atoms with van der Waals surface area (Å²) in [5.41, 5.74) is 3.13. The van der Waals surface area contributed by atoms with Gasteiger partial charge in [0.25, 0.3) is 0 Å². The van der Waals surface area contributed by atoms with E-state index in [-0.39, 0.29) is 10.6 Å². The number of nitrogens with one attached hydrogen (secondary N) is 1. The van der Waals surface area contributed by atoms with Gasteiger partial charge in [0.1, 0.15) is 5.82 Å². The molecule has 0 aliphatic heterocycles. The highest BCUT2D eigenvalue weighted by molar-refractivity contribution is 7.14. The molecule has 1 N–H and O–H groups in total. The number of anilines is 1. The molecule has 0 fully saturated rings. The lowest BCUT2D eigenvalue weighted by atomic mass is 10.1. The predicted octanol–water partition coefficient (Wildman–Crippen LogP) is 5.56. The van der Waals surface area contributed by atoms with E-state index in [4.69, 9.17) is 11.6 Å². The highest BCUT2D eigenvalue weighted by Gasteiger charge is 2.07. The van der Waals surface area contributed by atoms with Gasteiger partial charge >= 0.3 is 0 Å². The molecule has 0 saturated heterocycles. The molecule has 2 aromatic carbocycles. The maximum absolute atomic E-state index is 13.7. The highest BCUT2D eigenvalue weighted by Crippen LogP contribution is 2.25. The Labute approximate surface area is 153 Å². The van der Waals surface area contributed by atoms with Crippen molar-refractivity contribution in [2.24, 2.45) is 0 Å². The number of halogens is 2. The van der Waals surface area contributed by atoms with Crippen LogP contribution in [0.2, 0.25) is 5.02 Å². The summed E-state index contributed by atoms with van der Waals surface area (Å²) in [7, 11) is 0. The first kappa shape index (κ1) is 17.3. The van der Waals surface area contributed by atoms with E-state index in [0.29, 0.717) is 5.13 Å². The van der Waals surface area contributed by atoms with Gasteiger partial charge < -0.3 is 0 Å². The van der Waals surface area contributed by atoms with Gasteiger partial charge in [-0.3, -0.25) is 10.1 Å². The van der Waals surface area contributed by atoms with Crippen molar-refractivity contribution in [3.63, 3.8) is 0 Å². The van der Waals surface area contributed by atoms with E-state index in [9.17, 15) is 9.18 Å². The zero-order valence-corrected chi connectivity index (χ0v) is 14.9. The van der Waals surface area contributed by atoms with Crippen molar-refractivity contribution < 1.29 is 9.18 Å². The summed E-state index contributed by atoms with van der Waals surface area (Å²) in [5, 5.41) is 5.27. The van der Waals surface area contributed by atoms with Gasteiger partial charge in [-0.2, -0.15) is 0 Å². The number of carbonyl (C=O) groups is 1. The second kappa shape index (κ2) is 7.59. The van der Waals surface area contributed by atoms with Gasteiger partial charge in [0.2, 0.25) is 5.91 Å². The topological polar surface area (TPSA) is 42.0 Å². The van der Waals surface area contributed by atoms with E-state index in [1.54, 1.807) is 6.07 Å². The first-order valence-electron chi connectivity index (χ1n) is 7.48. The summed E-state index contributed by atoms with van der Waals surface area (Å²) in [6.07, 6.45) is 2.58. The molecule has 6 heteroatoms. The van der Waals surface area contributed by atoms with E-state index >= 15 is 0 Å². The molecule has 0 aliphatic carbocycles. The number of aromatic nitrogens is 1. The Kier molecular flexibility index (Phi) is 5.26. The van der Waals surface area contributed by atoms with Gasteiger partial charge in [-0.15, -0.1) is 11.3 Å². The molecule has 3 aromatic rings. The number of rotatable bonds is 4. The fraction of sp³-hybridized carbons (Fsp3) is 0.0526. The van der Waals surface area contributed by atoms with Crippen molar-refractivity contribution in [1.29, 1.82) is 0 Å². The minimum atomic E-state index is -0.479. The molecule has 126 valence electrons. The van der Waals surface area contributed by atoms with Crippen LogP contribution < -0.4 is 5.32 Å². The molecule has 1 aromatic heterocycles. The zero-order chi connectivity index (χ0) is 17.8. The van der Waals surface area contributed by atoms with Crippen LogP contribution in [-0.2, 0) is 4.79 Å². The highest BCUT2D eigenvalue weighted by atomic mass is 35.5. The summed E-state index contributed by atoms with van der Waals surface area (Å²) in [6.45, 7) is 2.02. The number of amides is 1. The molecule has 0 unspecified atom stereocenters. The average Bonchev–Trinajstić information content (AvgIpc) is 3.03. The number of hydrogen-bond acceptors (Lipinski definition) is 3. The van der Waals surface area contributed by atoms with Crippen LogP contribution in [0, 0.1) is 12.7 Å². The second-order valence-corrected chi connectivity index (χ2v) is 6.63. The van der Waals surface area contributed by atoms with E-state index in [2.05, 4.69) is 10.3 Å². The maximum atomic E-state index is 13.7. The Balaban J connectivity index is 1.69. The van der Waals surface area contributed by atoms with E-state index in [1.807, 2.05) is 36.6 Å². The van der Waals surface area contributed by atoms with Crippen molar-refractivity contribution in [2.75, 3.05) is 5.32 Å². The summed E-state index contributed by atoms with van der Waals surface area (Å²) in [5.74, 6) is -0.878. The number of carbonyl (C=O) groups excluding carboxylic acids is 1. The van der Waals surface area contributed by atoms with Crippen molar-refractivity contribution in [3.8, 4) is 11.3 Å². The fourth-order valence-corrected chi connectivity index (χ4v) is 3.11. The van der Waals surface area contributed by atoms with E-state index in [1.165, 1.54) is 41.2 Å². The maximum Gasteiger partial charge on any atom is 0.250 e. The number of benzene rings is 2. The Hall–Kier alpha value is -2.50. The van der Waals surface area contributed by atoms with Crippen LogP contribution in [0.15, 0.2) is 53.9 Å². The quantitative estimate of drug-likeness (QED) is 0.609. The Morgan fingerprint density at radius 3 is 2.72 bits per heavy atom. The van der Waals surface area contributed by atoms with Crippen LogP contribution in [0.3, 0.4) is 0 Å². The van der Waals surface area contributed by atoms with Crippen molar-refractivity contribution in [1.82, 2.24) is 4.98 Å².